The Morgan fingerprint density at radius 2 is 2.14 bits per heavy atom. The third-order valence-corrected chi connectivity index (χ3v) is 6.12. The van der Waals surface area contributed by atoms with Crippen molar-refractivity contribution in [3.63, 3.8) is 0 Å². The molecule has 0 radical (unpaired) electrons. The number of carbonyl (C=O) groups excluding carboxylic acids is 2. The van der Waals surface area contributed by atoms with Crippen LogP contribution in [0.2, 0.25) is 0 Å². The normalized spacial score (nSPS) is 22.3. The average Bonchev–Trinajstić information content (AvgIpc) is 3.29. The van der Waals surface area contributed by atoms with Gasteiger partial charge in [0.05, 0.1) is 12.3 Å². The summed E-state index contributed by atoms with van der Waals surface area (Å²) in [6.07, 6.45) is 7.03. The van der Waals surface area contributed by atoms with E-state index in [-0.39, 0.29) is 17.2 Å². The molecule has 2 amide bonds. The van der Waals surface area contributed by atoms with Crippen molar-refractivity contribution < 1.29 is 14.3 Å². The molecule has 1 atom stereocenters. The Kier molecular flexibility index (Phi) is 5.67. The van der Waals surface area contributed by atoms with Crippen molar-refractivity contribution in [3.8, 4) is 5.69 Å². The first-order valence-electron chi connectivity index (χ1n) is 10.3. The van der Waals surface area contributed by atoms with Crippen LogP contribution >= 0.6 is 0 Å². The topological polar surface area (TPSA) is 67.7 Å². The molecular weight excluding hydrogens is 368 g/mol. The van der Waals surface area contributed by atoms with Crippen LogP contribution in [0.5, 0.6) is 0 Å². The summed E-state index contributed by atoms with van der Waals surface area (Å²) in [5.74, 6) is 0.251. The third kappa shape index (κ3) is 4.19. The number of ether oxygens (including phenoxy) is 1. The number of hydrogen-bond acceptors (Lipinski definition) is 4. The zero-order chi connectivity index (χ0) is 20.3. The number of piperidine rings is 2. The standard InChI is InChI=1S/C22H28N4O3/c1-29-14-13-24-16-22(9-7-20(24)27)8-3-11-25(17-22)21(28)18-5-2-6-19(15-18)26-12-4-10-23-26/h2,4-6,10,12,15H,3,7-9,11,13-14,16-17H2,1H3. The van der Waals surface area contributed by atoms with E-state index < -0.39 is 0 Å². The Hall–Kier alpha value is -2.67. The Morgan fingerprint density at radius 3 is 2.93 bits per heavy atom. The smallest absolute Gasteiger partial charge is 0.253 e. The number of amides is 2. The van der Waals surface area contributed by atoms with Gasteiger partial charge in [-0.05, 0) is 43.5 Å². The number of hydrogen-bond donors (Lipinski definition) is 0. The van der Waals surface area contributed by atoms with Crippen molar-refractivity contribution in [1.29, 1.82) is 0 Å². The molecular formula is C22H28N4O3. The molecule has 2 aliphatic heterocycles. The van der Waals surface area contributed by atoms with Gasteiger partial charge in [-0.2, -0.15) is 5.10 Å². The molecule has 7 nitrogen and oxygen atoms in total. The van der Waals surface area contributed by atoms with Gasteiger partial charge in [0.2, 0.25) is 5.91 Å². The van der Waals surface area contributed by atoms with Gasteiger partial charge in [0.1, 0.15) is 0 Å². The van der Waals surface area contributed by atoms with Gasteiger partial charge in [-0.25, -0.2) is 4.68 Å². The molecule has 1 unspecified atom stereocenters. The lowest BCUT2D eigenvalue weighted by Gasteiger charge is -2.48. The summed E-state index contributed by atoms with van der Waals surface area (Å²) in [6, 6.07) is 9.47. The first kappa shape index (κ1) is 19.6. The summed E-state index contributed by atoms with van der Waals surface area (Å²) >= 11 is 0. The van der Waals surface area contributed by atoms with E-state index in [2.05, 4.69) is 5.10 Å². The van der Waals surface area contributed by atoms with E-state index in [9.17, 15) is 9.59 Å². The van der Waals surface area contributed by atoms with Crippen LogP contribution in [0.4, 0.5) is 0 Å². The highest BCUT2D eigenvalue weighted by atomic mass is 16.5. The van der Waals surface area contributed by atoms with Crippen LogP contribution in [0.25, 0.3) is 5.69 Å². The maximum atomic E-state index is 13.3. The fraction of sp³-hybridized carbons (Fsp3) is 0.500. The van der Waals surface area contributed by atoms with Crippen molar-refractivity contribution in [2.45, 2.75) is 25.7 Å². The molecule has 0 aliphatic carbocycles. The average molecular weight is 396 g/mol. The van der Waals surface area contributed by atoms with E-state index in [0.29, 0.717) is 38.2 Å². The zero-order valence-electron chi connectivity index (χ0n) is 16.9. The Labute approximate surface area is 171 Å². The van der Waals surface area contributed by atoms with Crippen molar-refractivity contribution in [3.05, 3.63) is 48.3 Å². The highest BCUT2D eigenvalue weighted by Gasteiger charge is 2.42. The van der Waals surface area contributed by atoms with Crippen molar-refractivity contribution in [2.75, 3.05) is 39.9 Å². The van der Waals surface area contributed by atoms with E-state index in [1.807, 2.05) is 46.3 Å². The van der Waals surface area contributed by atoms with E-state index in [0.717, 1.165) is 31.5 Å². The second-order valence-corrected chi connectivity index (χ2v) is 8.14. The molecule has 0 bridgehead atoms. The molecule has 2 saturated heterocycles. The molecule has 1 aromatic heterocycles. The first-order chi connectivity index (χ1) is 14.1. The van der Waals surface area contributed by atoms with Crippen LogP contribution in [-0.2, 0) is 9.53 Å². The molecule has 2 aliphatic rings. The van der Waals surface area contributed by atoms with Crippen molar-refractivity contribution in [1.82, 2.24) is 19.6 Å². The number of nitrogens with zero attached hydrogens (tertiary/aromatic N) is 4. The number of benzene rings is 1. The largest absolute Gasteiger partial charge is 0.383 e. The van der Waals surface area contributed by atoms with Crippen LogP contribution < -0.4 is 0 Å². The summed E-state index contributed by atoms with van der Waals surface area (Å²) < 4.78 is 6.92. The Morgan fingerprint density at radius 1 is 1.24 bits per heavy atom. The van der Waals surface area contributed by atoms with Crippen molar-refractivity contribution >= 4 is 11.8 Å². The van der Waals surface area contributed by atoms with Gasteiger partial charge in [-0.15, -0.1) is 0 Å². The second-order valence-electron chi connectivity index (χ2n) is 8.14. The predicted molar refractivity (Wildman–Crippen MR) is 109 cm³/mol. The molecule has 2 aromatic rings. The number of likely N-dealkylation sites (tertiary alicyclic amines) is 2. The monoisotopic (exact) mass is 396 g/mol. The van der Waals surface area contributed by atoms with E-state index in [4.69, 9.17) is 4.74 Å². The third-order valence-electron chi connectivity index (χ3n) is 6.12. The molecule has 29 heavy (non-hydrogen) atoms. The SMILES string of the molecule is COCCN1CC2(CCCN(C(=O)c3cccc(-n4cccn4)c3)C2)CCC1=O. The quantitative estimate of drug-likeness (QED) is 0.778. The van der Waals surface area contributed by atoms with Gasteiger partial charge < -0.3 is 14.5 Å². The van der Waals surface area contributed by atoms with Crippen LogP contribution in [0.15, 0.2) is 42.7 Å². The summed E-state index contributed by atoms with van der Waals surface area (Å²) in [5, 5.41) is 4.25. The first-order valence-corrected chi connectivity index (χ1v) is 10.3. The Balaban J connectivity index is 1.49. The number of carbonyl (C=O) groups is 2. The van der Waals surface area contributed by atoms with Gasteiger partial charge in [-0.3, -0.25) is 9.59 Å². The number of rotatable bonds is 5. The lowest BCUT2D eigenvalue weighted by Crippen LogP contribution is -2.55. The summed E-state index contributed by atoms with van der Waals surface area (Å²) in [4.78, 5) is 29.4. The lowest BCUT2D eigenvalue weighted by molar-refractivity contribution is -0.139. The van der Waals surface area contributed by atoms with Crippen LogP contribution in [-0.4, -0.2) is 71.3 Å². The van der Waals surface area contributed by atoms with E-state index in [1.54, 1.807) is 18.0 Å². The second kappa shape index (κ2) is 8.37. The minimum Gasteiger partial charge on any atom is -0.383 e. The van der Waals surface area contributed by atoms with E-state index in [1.165, 1.54) is 0 Å². The fourth-order valence-electron chi connectivity index (χ4n) is 4.61. The minimum absolute atomic E-state index is 0.00481. The molecule has 0 N–H and O–H groups in total. The molecule has 1 spiro atoms. The van der Waals surface area contributed by atoms with Gasteiger partial charge >= 0.3 is 0 Å². The molecule has 1 aromatic carbocycles. The molecule has 3 heterocycles. The molecule has 0 saturated carbocycles. The van der Waals surface area contributed by atoms with Crippen LogP contribution in [0.3, 0.4) is 0 Å². The number of aromatic nitrogens is 2. The van der Waals surface area contributed by atoms with E-state index >= 15 is 0 Å². The van der Waals surface area contributed by atoms with Gasteiger partial charge in [0.15, 0.2) is 0 Å². The van der Waals surface area contributed by atoms with Gasteiger partial charge in [0, 0.05) is 63.1 Å². The van der Waals surface area contributed by atoms with Gasteiger partial charge in [-0.1, -0.05) is 6.07 Å². The Bertz CT molecular complexity index is 867. The zero-order valence-corrected chi connectivity index (χ0v) is 16.9. The molecule has 4 rings (SSSR count). The fourth-order valence-corrected chi connectivity index (χ4v) is 4.61. The summed E-state index contributed by atoms with van der Waals surface area (Å²) in [5.41, 5.74) is 1.55. The highest BCUT2D eigenvalue weighted by molar-refractivity contribution is 5.95. The van der Waals surface area contributed by atoms with Gasteiger partial charge in [0.25, 0.3) is 5.91 Å². The van der Waals surface area contributed by atoms with Crippen LogP contribution in [0.1, 0.15) is 36.0 Å². The summed E-state index contributed by atoms with van der Waals surface area (Å²) in [7, 11) is 1.66. The summed E-state index contributed by atoms with van der Waals surface area (Å²) in [6.45, 7) is 3.35. The minimum atomic E-state index is -0.00481. The molecule has 154 valence electrons. The van der Waals surface area contributed by atoms with Crippen molar-refractivity contribution in [2.24, 2.45) is 5.41 Å². The highest BCUT2D eigenvalue weighted by Crippen LogP contribution is 2.39. The van der Waals surface area contributed by atoms with Crippen LogP contribution in [0, 0.1) is 5.41 Å². The maximum absolute atomic E-state index is 13.3. The number of methoxy groups -OCH3 is 1. The lowest BCUT2D eigenvalue weighted by atomic mass is 9.73. The molecule has 7 heteroatoms. The molecule has 2 fully saturated rings. The maximum Gasteiger partial charge on any atom is 0.253 e. The predicted octanol–water partition coefficient (Wildman–Crippen LogP) is 2.36.